The number of ether oxygens (including phenoxy) is 1. The van der Waals surface area contributed by atoms with E-state index in [1.165, 1.54) is 43.5 Å². The molecule has 1 heterocycles. The van der Waals surface area contributed by atoms with Crippen molar-refractivity contribution in [1.29, 1.82) is 0 Å². The minimum Gasteiger partial charge on any atom is -0.481 e. The van der Waals surface area contributed by atoms with Crippen LogP contribution in [-0.4, -0.2) is 30.0 Å². The fourth-order valence-corrected chi connectivity index (χ4v) is 3.72. The first-order valence-electron chi connectivity index (χ1n) is 10.5. The number of rotatable bonds is 8. The van der Waals surface area contributed by atoms with E-state index in [4.69, 9.17) is 4.74 Å². The Balaban J connectivity index is 1.56. The molecule has 0 saturated carbocycles. The first-order valence-corrected chi connectivity index (χ1v) is 10.5. The van der Waals surface area contributed by atoms with Gasteiger partial charge in [0.05, 0.1) is 0 Å². The zero-order chi connectivity index (χ0) is 19.8. The highest BCUT2D eigenvalue weighted by Gasteiger charge is 2.17. The van der Waals surface area contributed by atoms with Crippen molar-refractivity contribution in [3.63, 3.8) is 0 Å². The van der Waals surface area contributed by atoms with Gasteiger partial charge in [-0.15, -0.1) is 0 Å². The molecule has 0 radical (unpaired) electrons. The Morgan fingerprint density at radius 1 is 1.00 bits per heavy atom. The van der Waals surface area contributed by atoms with Crippen LogP contribution in [0.15, 0.2) is 48.5 Å². The van der Waals surface area contributed by atoms with E-state index in [0.717, 1.165) is 24.3 Å². The number of nitrogens with zero attached hydrogens (tertiary/aromatic N) is 1. The molecule has 3 rings (SSSR count). The third-order valence-electron chi connectivity index (χ3n) is 5.44. The summed E-state index contributed by atoms with van der Waals surface area (Å²) in [5.41, 5.74) is 3.60. The molecule has 0 aliphatic carbocycles. The van der Waals surface area contributed by atoms with E-state index in [1.807, 2.05) is 30.3 Å². The summed E-state index contributed by atoms with van der Waals surface area (Å²) in [5, 5.41) is 3.05. The Morgan fingerprint density at radius 2 is 1.64 bits per heavy atom. The van der Waals surface area contributed by atoms with Gasteiger partial charge in [-0.2, -0.15) is 0 Å². The molecular weight excluding hydrogens is 348 g/mol. The second kappa shape index (κ2) is 10.3. The van der Waals surface area contributed by atoms with E-state index in [2.05, 4.69) is 35.3 Å². The predicted molar refractivity (Wildman–Crippen MR) is 113 cm³/mol. The smallest absolute Gasteiger partial charge is 0.261 e. The highest BCUT2D eigenvalue weighted by Crippen LogP contribution is 2.20. The summed E-state index contributed by atoms with van der Waals surface area (Å²) in [6.45, 7) is 7.73. The zero-order valence-corrected chi connectivity index (χ0v) is 17.1. The van der Waals surface area contributed by atoms with Crippen molar-refractivity contribution >= 4 is 5.91 Å². The Bertz CT molecular complexity index is 769. The van der Waals surface area contributed by atoms with Crippen LogP contribution >= 0.6 is 0 Å². The molecule has 0 aromatic heterocycles. The van der Waals surface area contributed by atoms with Crippen molar-refractivity contribution in [2.24, 2.45) is 0 Å². The Kier molecular flexibility index (Phi) is 7.49. The molecule has 1 saturated heterocycles. The van der Waals surface area contributed by atoms with Crippen LogP contribution in [0.25, 0.3) is 0 Å². The summed E-state index contributed by atoms with van der Waals surface area (Å²) >= 11 is 0. The number of carbonyl (C=O) groups excluding carboxylic acids is 1. The third kappa shape index (κ3) is 5.59. The molecular formula is C24H32N2O2. The van der Waals surface area contributed by atoms with Crippen molar-refractivity contribution in [2.45, 2.75) is 58.7 Å². The number of hydrogen-bond acceptors (Lipinski definition) is 3. The normalized spacial score (nSPS) is 15.8. The number of piperidine rings is 1. The van der Waals surface area contributed by atoms with Gasteiger partial charge in [0.2, 0.25) is 0 Å². The highest BCUT2D eigenvalue weighted by molar-refractivity contribution is 5.80. The average Bonchev–Trinajstić information content (AvgIpc) is 2.74. The van der Waals surface area contributed by atoms with E-state index in [1.54, 1.807) is 6.92 Å². The van der Waals surface area contributed by atoms with Crippen LogP contribution in [0.5, 0.6) is 5.75 Å². The third-order valence-corrected chi connectivity index (χ3v) is 5.44. The standard InChI is InChI=1S/C24H32N2O2/c1-3-20-11-7-8-14-23(20)28-19(2)24(27)25-17-21-12-5-6-13-22(21)18-26-15-9-4-10-16-26/h5-8,11-14,19H,3-4,9-10,15-18H2,1-2H3,(H,25,27)/t19-/m0/s1. The number of carbonyl (C=O) groups is 1. The van der Waals surface area contributed by atoms with Crippen LogP contribution in [0.1, 0.15) is 49.8 Å². The lowest BCUT2D eigenvalue weighted by Crippen LogP contribution is -2.36. The van der Waals surface area contributed by atoms with Gasteiger partial charge < -0.3 is 10.1 Å². The van der Waals surface area contributed by atoms with Crippen molar-refractivity contribution < 1.29 is 9.53 Å². The quantitative estimate of drug-likeness (QED) is 0.742. The van der Waals surface area contributed by atoms with Crippen LogP contribution in [-0.2, 0) is 24.3 Å². The summed E-state index contributed by atoms with van der Waals surface area (Å²) in [6.07, 6.45) is 4.27. The minimum absolute atomic E-state index is 0.0846. The number of benzene rings is 2. The van der Waals surface area contributed by atoms with Gasteiger partial charge in [0, 0.05) is 13.1 Å². The summed E-state index contributed by atoms with van der Waals surface area (Å²) in [7, 11) is 0. The van der Waals surface area contributed by atoms with Crippen molar-refractivity contribution in [3.05, 3.63) is 65.2 Å². The number of aryl methyl sites for hydroxylation is 1. The molecule has 1 aliphatic rings. The summed E-state index contributed by atoms with van der Waals surface area (Å²) in [5.74, 6) is 0.705. The number of amides is 1. The molecule has 150 valence electrons. The molecule has 28 heavy (non-hydrogen) atoms. The first kappa shape index (κ1) is 20.4. The summed E-state index contributed by atoms with van der Waals surface area (Å²) in [6, 6.07) is 16.3. The molecule has 0 unspecified atom stereocenters. The maximum atomic E-state index is 12.6. The van der Waals surface area contributed by atoms with Gasteiger partial charge in [0.25, 0.3) is 5.91 Å². The second-order valence-corrected chi connectivity index (χ2v) is 7.54. The molecule has 0 bridgehead atoms. The maximum absolute atomic E-state index is 12.6. The van der Waals surface area contributed by atoms with E-state index < -0.39 is 6.10 Å². The largest absolute Gasteiger partial charge is 0.481 e. The lowest BCUT2D eigenvalue weighted by Gasteiger charge is -2.27. The fourth-order valence-electron chi connectivity index (χ4n) is 3.72. The van der Waals surface area contributed by atoms with Crippen molar-refractivity contribution in [2.75, 3.05) is 13.1 Å². The molecule has 1 N–H and O–H groups in total. The molecule has 2 aromatic rings. The van der Waals surface area contributed by atoms with Crippen LogP contribution in [0, 0.1) is 0 Å². The second-order valence-electron chi connectivity index (χ2n) is 7.54. The molecule has 2 aromatic carbocycles. The molecule has 1 atom stereocenters. The zero-order valence-electron chi connectivity index (χ0n) is 17.1. The Labute approximate surface area is 168 Å². The molecule has 1 aliphatic heterocycles. The van der Waals surface area contributed by atoms with Gasteiger partial charge in [0.1, 0.15) is 5.75 Å². The minimum atomic E-state index is -0.526. The SMILES string of the molecule is CCc1ccccc1O[C@@H](C)C(=O)NCc1ccccc1CN1CCCCC1. The van der Waals surface area contributed by atoms with E-state index in [9.17, 15) is 4.79 Å². The lowest BCUT2D eigenvalue weighted by molar-refractivity contribution is -0.127. The molecule has 0 spiro atoms. The average molecular weight is 381 g/mol. The van der Waals surface area contributed by atoms with Crippen LogP contribution in [0.2, 0.25) is 0 Å². The predicted octanol–water partition coefficient (Wildman–Crippen LogP) is 4.32. The monoisotopic (exact) mass is 380 g/mol. The lowest BCUT2D eigenvalue weighted by atomic mass is 10.0. The van der Waals surface area contributed by atoms with Crippen LogP contribution < -0.4 is 10.1 Å². The molecule has 1 fully saturated rings. The van der Waals surface area contributed by atoms with Gasteiger partial charge in [0.15, 0.2) is 6.10 Å². The molecule has 4 heteroatoms. The van der Waals surface area contributed by atoms with Crippen LogP contribution in [0.3, 0.4) is 0 Å². The van der Waals surface area contributed by atoms with Crippen molar-refractivity contribution in [1.82, 2.24) is 10.2 Å². The maximum Gasteiger partial charge on any atom is 0.261 e. The van der Waals surface area contributed by atoms with E-state index >= 15 is 0 Å². The number of likely N-dealkylation sites (tertiary alicyclic amines) is 1. The van der Waals surface area contributed by atoms with Crippen molar-refractivity contribution in [3.8, 4) is 5.75 Å². The number of hydrogen-bond donors (Lipinski definition) is 1. The summed E-state index contributed by atoms with van der Waals surface area (Å²) in [4.78, 5) is 15.1. The Morgan fingerprint density at radius 3 is 2.36 bits per heavy atom. The first-order chi connectivity index (χ1) is 13.7. The molecule has 4 nitrogen and oxygen atoms in total. The highest BCUT2D eigenvalue weighted by atomic mass is 16.5. The van der Waals surface area contributed by atoms with Gasteiger partial charge in [-0.1, -0.05) is 55.8 Å². The number of para-hydroxylation sites is 1. The van der Waals surface area contributed by atoms with E-state index in [0.29, 0.717) is 6.54 Å². The fraction of sp³-hybridized carbons (Fsp3) is 0.458. The Hall–Kier alpha value is -2.33. The van der Waals surface area contributed by atoms with Gasteiger partial charge in [-0.3, -0.25) is 9.69 Å². The topological polar surface area (TPSA) is 41.6 Å². The van der Waals surface area contributed by atoms with Gasteiger partial charge in [-0.25, -0.2) is 0 Å². The van der Waals surface area contributed by atoms with Gasteiger partial charge in [-0.05, 0) is 62.0 Å². The molecule has 1 amide bonds. The summed E-state index contributed by atoms with van der Waals surface area (Å²) < 4.78 is 5.92. The van der Waals surface area contributed by atoms with Gasteiger partial charge >= 0.3 is 0 Å². The van der Waals surface area contributed by atoms with E-state index in [-0.39, 0.29) is 5.91 Å². The van der Waals surface area contributed by atoms with Crippen LogP contribution in [0.4, 0.5) is 0 Å². The number of nitrogens with one attached hydrogen (secondary N) is 1.